The molecule has 5 nitrogen and oxygen atoms in total. The molecule has 0 aliphatic carbocycles. The molecule has 1 saturated heterocycles. The lowest BCUT2D eigenvalue weighted by Crippen LogP contribution is -2.46. The molecule has 1 fully saturated rings. The van der Waals surface area contributed by atoms with Crippen molar-refractivity contribution in [3.05, 3.63) is 66.7 Å². The van der Waals surface area contributed by atoms with Crippen molar-refractivity contribution in [2.75, 3.05) is 41.3 Å². The van der Waals surface area contributed by atoms with E-state index in [-0.39, 0.29) is 0 Å². The fourth-order valence-corrected chi connectivity index (χ4v) is 3.52. The topological polar surface area (TPSA) is 44.3 Å². The van der Waals surface area contributed by atoms with E-state index in [0.717, 1.165) is 49.2 Å². The van der Waals surface area contributed by atoms with Crippen LogP contribution in [0.4, 0.5) is 17.3 Å². The number of piperazine rings is 1. The van der Waals surface area contributed by atoms with Crippen LogP contribution in [0.5, 0.6) is 0 Å². The van der Waals surface area contributed by atoms with E-state index in [1.807, 2.05) is 18.2 Å². The molecular weight excluding hydrogens is 346 g/mol. The van der Waals surface area contributed by atoms with Gasteiger partial charge in [-0.25, -0.2) is 9.97 Å². The fraction of sp³-hybridized carbons (Fsp3) is 0.304. The Bertz CT molecular complexity index is 887. The number of nitrogens with one attached hydrogen (secondary N) is 1. The zero-order valence-corrected chi connectivity index (χ0v) is 16.5. The second kappa shape index (κ2) is 8.30. The summed E-state index contributed by atoms with van der Waals surface area (Å²) in [6, 6.07) is 23.2. The molecule has 0 amide bonds. The molecular formula is C23H27N5. The molecule has 144 valence electrons. The van der Waals surface area contributed by atoms with Gasteiger partial charge in [-0.15, -0.1) is 0 Å². The van der Waals surface area contributed by atoms with Crippen LogP contribution in [0.15, 0.2) is 66.7 Å². The quantitative estimate of drug-likeness (QED) is 0.723. The molecule has 28 heavy (non-hydrogen) atoms. The molecule has 1 aliphatic heterocycles. The predicted molar refractivity (Wildman–Crippen MR) is 117 cm³/mol. The number of hydrogen-bond acceptors (Lipinski definition) is 5. The lowest BCUT2D eigenvalue weighted by Gasteiger charge is -2.37. The van der Waals surface area contributed by atoms with Crippen molar-refractivity contribution in [2.24, 2.45) is 0 Å². The Morgan fingerprint density at radius 1 is 0.786 bits per heavy atom. The summed E-state index contributed by atoms with van der Waals surface area (Å²) in [5.74, 6) is 2.64. The van der Waals surface area contributed by atoms with Gasteiger partial charge in [0.25, 0.3) is 0 Å². The minimum atomic E-state index is 0.321. The summed E-state index contributed by atoms with van der Waals surface area (Å²) >= 11 is 0. The minimum Gasteiger partial charge on any atom is -0.368 e. The van der Waals surface area contributed by atoms with E-state index in [2.05, 4.69) is 77.5 Å². The normalized spacial score (nSPS) is 14.4. The second-order valence-corrected chi connectivity index (χ2v) is 7.41. The van der Waals surface area contributed by atoms with Crippen LogP contribution in [-0.2, 0) is 0 Å². The smallest absolute Gasteiger partial charge is 0.163 e. The van der Waals surface area contributed by atoms with Gasteiger partial charge >= 0.3 is 0 Å². The van der Waals surface area contributed by atoms with Crippen LogP contribution < -0.4 is 15.1 Å². The summed E-state index contributed by atoms with van der Waals surface area (Å²) in [6.45, 7) is 8.12. The van der Waals surface area contributed by atoms with E-state index in [1.165, 1.54) is 5.69 Å². The van der Waals surface area contributed by atoms with E-state index in [4.69, 9.17) is 9.97 Å². The fourth-order valence-electron chi connectivity index (χ4n) is 3.52. The third kappa shape index (κ3) is 4.25. The summed E-state index contributed by atoms with van der Waals surface area (Å²) in [7, 11) is 0. The molecule has 0 spiro atoms. The standard InChI is InChI=1S/C23H27N5/c1-18(2)24-21-17-22(26-23(25-21)19-9-5-3-6-10-19)28-15-13-27(14-16-28)20-11-7-4-8-12-20/h3-12,17-18H,13-16H2,1-2H3,(H,24,25,26). The van der Waals surface area contributed by atoms with E-state index in [9.17, 15) is 0 Å². The zero-order chi connectivity index (χ0) is 19.3. The Kier molecular flexibility index (Phi) is 5.42. The van der Waals surface area contributed by atoms with Gasteiger partial charge in [0.05, 0.1) is 0 Å². The largest absolute Gasteiger partial charge is 0.368 e. The van der Waals surface area contributed by atoms with Gasteiger partial charge in [0.1, 0.15) is 11.6 Å². The van der Waals surface area contributed by atoms with Crippen LogP contribution in [0, 0.1) is 0 Å². The zero-order valence-electron chi connectivity index (χ0n) is 16.5. The third-order valence-electron chi connectivity index (χ3n) is 4.91. The number of para-hydroxylation sites is 1. The molecule has 2 heterocycles. The van der Waals surface area contributed by atoms with Crippen LogP contribution in [0.25, 0.3) is 11.4 Å². The lowest BCUT2D eigenvalue weighted by molar-refractivity contribution is 0.647. The van der Waals surface area contributed by atoms with Gasteiger partial charge in [-0.3, -0.25) is 0 Å². The van der Waals surface area contributed by atoms with Crippen LogP contribution in [0.1, 0.15) is 13.8 Å². The molecule has 0 unspecified atom stereocenters. The van der Waals surface area contributed by atoms with Gasteiger partial charge in [0.2, 0.25) is 0 Å². The van der Waals surface area contributed by atoms with Crippen molar-refractivity contribution >= 4 is 17.3 Å². The highest BCUT2D eigenvalue weighted by atomic mass is 15.3. The number of rotatable bonds is 5. The summed E-state index contributed by atoms with van der Waals surface area (Å²) < 4.78 is 0. The minimum absolute atomic E-state index is 0.321. The molecule has 2 aromatic carbocycles. The second-order valence-electron chi connectivity index (χ2n) is 7.41. The summed E-state index contributed by atoms with van der Waals surface area (Å²) in [6.07, 6.45) is 0. The Hall–Kier alpha value is -3.08. The van der Waals surface area contributed by atoms with Gasteiger partial charge in [-0.05, 0) is 26.0 Å². The number of hydrogen-bond donors (Lipinski definition) is 1. The summed E-state index contributed by atoms with van der Waals surface area (Å²) in [5, 5.41) is 3.44. The first-order chi connectivity index (χ1) is 13.7. The first-order valence-electron chi connectivity index (χ1n) is 9.95. The molecule has 4 rings (SSSR count). The SMILES string of the molecule is CC(C)Nc1cc(N2CCN(c3ccccc3)CC2)nc(-c2ccccc2)n1. The van der Waals surface area contributed by atoms with Gasteiger partial charge < -0.3 is 15.1 Å². The van der Waals surface area contributed by atoms with Gasteiger partial charge in [-0.1, -0.05) is 48.5 Å². The maximum atomic E-state index is 4.89. The summed E-state index contributed by atoms with van der Waals surface area (Å²) in [4.78, 5) is 14.4. The maximum absolute atomic E-state index is 4.89. The van der Waals surface area contributed by atoms with E-state index >= 15 is 0 Å². The van der Waals surface area contributed by atoms with Crippen molar-refractivity contribution in [3.8, 4) is 11.4 Å². The van der Waals surface area contributed by atoms with E-state index in [1.54, 1.807) is 0 Å². The highest BCUT2D eigenvalue weighted by molar-refractivity contribution is 5.62. The van der Waals surface area contributed by atoms with Crippen LogP contribution >= 0.6 is 0 Å². The van der Waals surface area contributed by atoms with Crippen LogP contribution in [0.2, 0.25) is 0 Å². The molecule has 3 aromatic rings. The van der Waals surface area contributed by atoms with Crippen LogP contribution in [-0.4, -0.2) is 42.2 Å². The summed E-state index contributed by atoms with van der Waals surface area (Å²) in [5.41, 5.74) is 2.33. The maximum Gasteiger partial charge on any atom is 0.163 e. The molecule has 0 saturated carbocycles. The first kappa shape index (κ1) is 18.3. The molecule has 1 aliphatic rings. The number of aromatic nitrogens is 2. The number of benzene rings is 2. The van der Waals surface area contributed by atoms with Crippen LogP contribution in [0.3, 0.4) is 0 Å². The average Bonchev–Trinajstić information content (AvgIpc) is 2.74. The van der Waals surface area contributed by atoms with Crippen molar-refractivity contribution in [3.63, 3.8) is 0 Å². The van der Waals surface area contributed by atoms with Crippen molar-refractivity contribution in [1.29, 1.82) is 0 Å². The number of nitrogens with zero attached hydrogens (tertiary/aromatic N) is 4. The monoisotopic (exact) mass is 373 g/mol. The Morgan fingerprint density at radius 3 is 2.04 bits per heavy atom. The number of anilines is 3. The van der Waals surface area contributed by atoms with Crippen molar-refractivity contribution in [1.82, 2.24) is 9.97 Å². The molecule has 0 atom stereocenters. The molecule has 5 heteroatoms. The molecule has 1 N–H and O–H groups in total. The first-order valence-corrected chi connectivity index (χ1v) is 9.95. The average molecular weight is 374 g/mol. The molecule has 0 radical (unpaired) electrons. The van der Waals surface area contributed by atoms with Gasteiger partial charge in [-0.2, -0.15) is 0 Å². The highest BCUT2D eigenvalue weighted by Crippen LogP contribution is 2.25. The Morgan fingerprint density at radius 2 is 1.39 bits per heavy atom. The highest BCUT2D eigenvalue weighted by Gasteiger charge is 2.20. The Balaban J connectivity index is 1.57. The third-order valence-corrected chi connectivity index (χ3v) is 4.91. The molecule has 0 bridgehead atoms. The Labute approximate surface area is 167 Å². The predicted octanol–water partition coefficient (Wildman–Crippen LogP) is 4.29. The molecule has 1 aromatic heterocycles. The van der Waals surface area contributed by atoms with E-state index < -0.39 is 0 Å². The van der Waals surface area contributed by atoms with Gasteiger partial charge in [0, 0.05) is 49.5 Å². The van der Waals surface area contributed by atoms with E-state index in [0.29, 0.717) is 6.04 Å². The van der Waals surface area contributed by atoms with Crippen molar-refractivity contribution in [2.45, 2.75) is 19.9 Å². The van der Waals surface area contributed by atoms with Crippen molar-refractivity contribution < 1.29 is 0 Å². The van der Waals surface area contributed by atoms with Gasteiger partial charge in [0.15, 0.2) is 5.82 Å². The lowest BCUT2D eigenvalue weighted by atomic mass is 10.2.